The van der Waals surface area contributed by atoms with Gasteiger partial charge in [-0.3, -0.25) is 0 Å². The van der Waals surface area contributed by atoms with Crippen LogP contribution in [0.3, 0.4) is 0 Å². The van der Waals surface area contributed by atoms with Crippen molar-refractivity contribution in [1.29, 1.82) is 0 Å². The molecule has 1 heterocycles. The predicted octanol–water partition coefficient (Wildman–Crippen LogP) is 1.63. The first kappa shape index (κ1) is 11.1. The fraction of sp³-hybridized carbons (Fsp3) is 0.636. The molecule has 1 aromatic heterocycles. The van der Waals surface area contributed by atoms with Crippen LogP contribution in [0.2, 0.25) is 0 Å². The second-order valence-corrected chi connectivity index (χ2v) is 3.88. The first-order chi connectivity index (χ1) is 6.61. The summed E-state index contributed by atoms with van der Waals surface area (Å²) in [6, 6.07) is 0.542. The molecular weight excluding hydrogens is 174 g/mol. The van der Waals surface area contributed by atoms with E-state index in [9.17, 15) is 0 Å². The fourth-order valence-electron chi connectivity index (χ4n) is 1.47. The van der Waals surface area contributed by atoms with Gasteiger partial charge < -0.3 is 5.32 Å². The first-order valence-corrected chi connectivity index (χ1v) is 5.11. The van der Waals surface area contributed by atoms with Crippen molar-refractivity contribution in [3.8, 4) is 0 Å². The van der Waals surface area contributed by atoms with Crippen molar-refractivity contribution in [2.24, 2.45) is 0 Å². The van der Waals surface area contributed by atoms with Gasteiger partial charge in [0.25, 0.3) is 0 Å². The monoisotopic (exact) mass is 193 g/mol. The molecule has 0 saturated carbocycles. The van der Waals surface area contributed by atoms with Gasteiger partial charge in [0.1, 0.15) is 6.33 Å². The lowest BCUT2D eigenvalue weighted by atomic mass is 10.1. The van der Waals surface area contributed by atoms with E-state index in [4.69, 9.17) is 0 Å². The SMILES string of the molecule is Cc1ncnc(C)c1CCNC(C)C. The van der Waals surface area contributed by atoms with Crippen LogP contribution in [0.25, 0.3) is 0 Å². The zero-order chi connectivity index (χ0) is 10.6. The third-order valence-corrected chi connectivity index (χ3v) is 2.30. The minimum Gasteiger partial charge on any atom is -0.314 e. The normalized spacial score (nSPS) is 10.9. The van der Waals surface area contributed by atoms with E-state index in [1.165, 1.54) is 5.56 Å². The van der Waals surface area contributed by atoms with E-state index in [-0.39, 0.29) is 0 Å². The summed E-state index contributed by atoms with van der Waals surface area (Å²) in [6.45, 7) is 9.38. The number of nitrogens with zero attached hydrogens (tertiary/aromatic N) is 2. The summed E-state index contributed by atoms with van der Waals surface area (Å²) < 4.78 is 0. The van der Waals surface area contributed by atoms with Crippen molar-refractivity contribution < 1.29 is 0 Å². The summed E-state index contributed by atoms with van der Waals surface area (Å²) in [5.74, 6) is 0. The molecule has 0 bridgehead atoms. The van der Waals surface area contributed by atoms with Gasteiger partial charge in [-0.1, -0.05) is 13.8 Å². The van der Waals surface area contributed by atoms with E-state index in [1.807, 2.05) is 13.8 Å². The molecule has 0 radical (unpaired) electrons. The molecule has 0 amide bonds. The van der Waals surface area contributed by atoms with Crippen LogP contribution >= 0.6 is 0 Å². The standard InChI is InChI=1S/C11H19N3/c1-8(2)12-6-5-11-9(3)13-7-14-10(11)4/h7-8,12H,5-6H2,1-4H3. The maximum absolute atomic E-state index is 4.20. The van der Waals surface area contributed by atoms with E-state index in [0.717, 1.165) is 24.4 Å². The molecule has 0 atom stereocenters. The van der Waals surface area contributed by atoms with Crippen LogP contribution in [-0.2, 0) is 6.42 Å². The van der Waals surface area contributed by atoms with Crippen molar-refractivity contribution in [1.82, 2.24) is 15.3 Å². The van der Waals surface area contributed by atoms with Gasteiger partial charge in [0, 0.05) is 17.4 Å². The van der Waals surface area contributed by atoms with Gasteiger partial charge in [0.05, 0.1) is 0 Å². The third-order valence-electron chi connectivity index (χ3n) is 2.30. The number of aryl methyl sites for hydroxylation is 2. The quantitative estimate of drug-likeness (QED) is 0.790. The number of aromatic nitrogens is 2. The van der Waals surface area contributed by atoms with Crippen LogP contribution in [0, 0.1) is 13.8 Å². The molecule has 0 aliphatic carbocycles. The molecule has 0 aromatic carbocycles. The topological polar surface area (TPSA) is 37.8 Å². The highest BCUT2D eigenvalue weighted by atomic mass is 14.9. The summed E-state index contributed by atoms with van der Waals surface area (Å²) in [4.78, 5) is 8.40. The van der Waals surface area contributed by atoms with Crippen LogP contribution in [0.4, 0.5) is 0 Å². The molecule has 0 unspecified atom stereocenters. The van der Waals surface area contributed by atoms with Crippen molar-refractivity contribution in [2.75, 3.05) is 6.54 Å². The lowest BCUT2D eigenvalue weighted by molar-refractivity contribution is 0.587. The second kappa shape index (κ2) is 5.05. The van der Waals surface area contributed by atoms with E-state index < -0.39 is 0 Å². The highest BCUT2D eigenvalue weighted by Crippen LogP contribution is 2.08. The van der Waals surface area contributed by atoms with Gasteiger partial charge in [0.2, 0.25) is 0 Å². The highest BCUT2D eigenvalue weighted by Gasteiger charge is 2.03. The van der Waals surface area contributed by atoms with Gasteiger partial charge >= 0.3 is 0 Å². The average Bonchev–Trinajstić information content (AvgIpc) is 2.09. The summed E-state index contributed by atoms with van der Waals surface area (Å²) >= 11 is 0. The fourth-order valence-corrected chi connectivity index (χ4v) is 1.47. The van der Waals surface area contributed by atoms with Gasteiger partial charge in [0.15, 0.2) is 0 Å². The zero-order valence-electron chi connectivity index (χ0n) is 9.46. The number of hydrogen-bond donors (Lipinski definition) is 1. The van der Waals surface area contributed by atoms with Crippen molar-refractivity contribution >= 4 is 0 Å². The van der Waals surface area contributed by atoms with Gasteiger partial charge in [-0.05, 0) is 32.4 Å². The second-order valence-electron chi connectivity index (χ2n) is 3.88. The van der Waals surface area contributed by atoms with Crippen LogP contribution < -0.4 is 5.32 Å². The van der Waals surface area contributed by atoms with E-state index in [0.29, 0.717) is 6.04 Å². The van der Waals surface area contributed by atoms with Crippen LogP contribution in [0.15, 0.2) is 6.33 Å². The maximum atomic E-state index is 4.20. The Morgan fingerprint density at radius 1 is 1.21 bits per heavy atom. The molecule has 78 valence electrons. The summed E-state index contributed by atoms with van der Waals surface area (Å²) in [5, 5.41) is 3.39. The molecule has 3 nitrogen and oxygen atoms in total. The van der Waals surface area contributed by atoms with E-state index in [1.54, 1.807) is 6.33 Å². The Hall–Kier alpha value is -0.960. The van der Waals surface area contributed by atoms with Crippen molar-refractivity contribution in [3.63, 3.8) is 0 Å². The molecule has 1 N–H and O–H groups in total. The molecule has 3 heteroatoms. The largest absolute Gasteiger partial charge is 0.314 e. The minimum atomic E-state index is 0.542. The highest BCUT2D eigenvalue weighted by molar-refractivity contribution is 5.22. The van der Waals surface area contributed by atoms with Crippen molar-refractivity contribution in [3.05, 3.63) is 23.3 Å². The minimum absolute atomic E-state index is 0.542. The molecule has 0 spiro atoms. The van der Waals surface area contributed by atoms with E-state index >= 15 is 0 Å². The molecule has 1 aromatic rings. The van der Waals surface area contributed by atoms with Gasteiger partial charge in [-0.2, -0.15) is 0 Å². The van der Waals surface area contributed by atoms with Gasteiger partial charge in [-0.15, -0.1) is 0 Å². The maximum Gasteiger partial charge on any atom is 0.115 e. The smallest absolute Gasteiger partial charge is 0.115 e. The molecule has 0 fully saturated rings. The van der Waals surface area contributed by atoms with Crippen LogP contribution in [-0.4, -0.2) is 22.6 Å². The molecule has 0 aliphatic heterocycles. The Kier molecular flexibility index (Phi) is 4.01. The Balaban J connectivity index is 2.58. The summed E-state index contributed by atoms with van der Waals surface area (Å²) in [6.07, 6.45) is 2.64. The Morgan fingerprint density at radius 2 is 1.79 bits per heavy atom. The Morgan fingerprint density at radius 3 is 2.29 bits per heavy atom. The predicted molar refractivity (Wildman–Crippen MR) is 58.3 cm³/mol. The first-order valence-electron chi connectivity index (χ1n) is 5.11. The summed E-state index contributed by atoms with van der Waals surface area (Å²) in [7, 11) is 0. The Labute approximate surface area is 86.0 Å². The third kappa shape index (κ3) is 3.07. The van der Waals surface area contributed by atoms with E-state index in [2.05, 4.69) is 29.1 Å². The number of rotatable bonds is 4. The molecule has 0 saturated heterocycles. The molecular formula is C11H19N3. The lowest BCUT2D eigenvalue weighted by Gasteiger charge is -2.10. The molecule has 0 aliphatic rings. The van der Waals surface area contributed by atoms with Crippen LogP contribution in [0.1, 0.15) is 30.8 Å². The zero-order valence-corrected chi connectivity index (χ0v) is 9.46. The summed E-state index contributed by atoms with van der Waals surface area (Å²) in [5.41, 5.74) is 3.48. The number of hydrogen-bond acceptors (Lipinski definition) is 3. The van der Waals surface area contributed by atoms with Crippen LogP contribution in [0.5, 0.6) is 0 Å². The molecule has 14 heavy (non-hydrogen) atoms. The van der Waals surface area contributed by atoms with Crippen molar-refractivity contribution in [2.45, 2.75) is 40.2 Å². The average molecular weight is 193 g/mol. The lowest BCUT2D eigenvalue weighted by Crippen LogP contribution is -2.25. The number of nitrogens with one attached hydrogen (secondary N) is 1. The molecule has 1 rings (SSSR count). The van der Waals surface area contributed by atoms with Gasteiger partial charge in [-0.25, -0.2) is 9.97 Å². The Bertz CT molecular complexity index is 274.